The second kappa shape index (κ2) is 6.05. The predicted molar refractivity (Wildman–Crippen MR) is 78.3 cm³/mol. The van der Waals surface area contributed by atoms with E-state index in [4.69, 9.17) is 11.6 Å². The third kappa shape index (κ3) is 3.47. The normalized spacial score (nSPS) is 25.3. The molecule has 1 aromatic carbocycles. The summed E-state index contributed by atoms with van der Waals surface area (Å²) in [6.45, 7) is 2.37. The Morgan fingerprint density at radius 3 is 2.94 bits per heavy atom. The molecule has 3 heteroatoms. The Balaban J connectivity index is 1.98. The van der Waals surface area contributed by atoms with Crippen molar-refractivity contribution in [2.45, 2.75) is 31.2 Å². The molecule has 0 aromatic heterocycles. The third-order valence-corrected chi connectivity index (χ3v) is 4.31. The molecule has 18 heavy (non-hydrogen) atoms. The predicted octanol–water partition coefficient (Wildman–Crippen LogP) is 2.96. The SMILES string of the molecule is CNC1(CCc2cccc(Cl)c2)CCCN(C)C1. The van der Waals surface area contributed by atoms with E-state index in [1.165, 1.54) is 31.4 Å². The van der Waals surface area contributed by atoms with Gasteiger partial charge in [-0.3, -0.25) is 0 Å². The van der Waals surface area contributed by atoms with E-state index in [0.29, 0.717) is 0 Å². The molecule has 2 nitrogen and oxygen atoms in total. The molecule has 1 unspecified atom stereocenters. The van der Waals surface area contributed by atoms with Gasteiger partial charge in [0.2, 0.25) is 0 Å². The lowest BCUT2D eigenvalue weighted by molar-refractivity contribution is 0.143. The van der Waals surface area contributed by atoms with Crippen LogP contribution in [0.4, 0.5) is 0 Å². The minimum absolute atomic E-state index is 0.273. The molecule has 1 aliphatic rings. The van der Waals surface area contributed by atoms with Crippen molar-refractivity contribution >= 4 is 11.6 Å². The summed E-state index contributed by atoms with van der Waals surface area (Å²) in [6, 6.07) is 8.23. The Morgan fingerprint density at radius 2 is 2.28 bits per heavy atom. The molecule has 1 aliphatic heterocycles. The van der Waals surface area contributed by atoms with E-state index in [-0.39, 0.29) is 5.54 Å². The zero-order valence-corrected chi connectivity index (χ0v) is 12.1. The minimum Gasteiger partial charge on any atom is -0.313 e. The van der Waals surface area contributed by atoms with Crippen LogP contribution in [0.15, 0.2) is 24.3 Å². The molecule has 2 rings (SSSR count). The zero-order valence-electron chi connectivity index (χ0n) is 11.4. The fraction of sp³-hybridized carbons (Fsp3) is 0.600. The van der Waals surface area contributed by atoms with Crippen molar-refractivity contribution in [3.05, 3.63) is 34.9 Å². The number of hydrogen-bond donors (Lipinski definition) is 1. The Bertz CT molecular complexity index is 394. The van der Waals surface area contributed by atoms with Gasteiger partial charge in [0.15, 0.2) is 0 Å². The van der Waals surface area contributed by atoms with Crippen molar-refractivity contribution in [3.63, 3.8) is 0 Å². The molecule has 1 N–H and O–H groups in total. The topological polar surface area (TPSA) is 15.3 Å². The number of halogens is 1. The van der Waals surface area contributed by atoms with E-state index in [2.05, 4.69) is 36.4 Å². The first-order valence-corrected chi connectivity index (χ1v) is 7.13. The molecule has 100 valence electrons. The molecule has 1 saturated heterocycles. The maximum absolute atomic E-state index is 6.03. The van der Waals surface area contributed by atoms with Gasteiger partial charge >= 0.3 is 0 Å². The van der Waals surface area contributed by atoms with Crippen LogP contribution in [0.5, 0.6) is 0 Å². The van der Waals surface area contributed by atoms with Crippen LogP contribution in [-0.2, 0) is 6.42 Å². The first-order chi connectivity index (χ1) is 8.63. The summed E-state index contributed by atoms with van der Waals surface area (Å²) in [4.78, 5) is 2.43. The number of likely N-dealkylation sites (N-methyl/N-ethyl adjacent to an activating group) is 2. The average molecular weight is 267 g/mol. The molecule has 0 bridgehead atoms. The van der Waals surface area contributed by atoms with Crippen LogP contribution in [0.3, 0.4) is 0 Å². The molecule has 1 atom stereocenters. The van der Waals surface area contributed by atoms with Crippen LogP contribution in [0.1, 0.15) is 24.8 Å². The second-order valence-electron chi connectivity index (χ2n) is 5.50. The van der Waals surface area contributed by atoms with Gasteiger partial charge in [0.05, 0.1) is 0 Å². The third-order valence-electron chi connectivity index (χ3n) is 4.08. The summed E-state index contributed by atoms with van der Waals surface area (Å²) in [5.74, 6) is 0. The summed E-state index contributed by atoms with van der Waals surface area (Å²) in [7, 11) is 4.31. The van der Waals surface area contributed by atoms with E-state index < -0.39 is 0 Å². The minimum atomic E-state index is 0.273. The van der Waals surface area contributed by atoms with Gasteiger partial charge in [-0.2, -0.15) is 0 Å². The van der Waals surface area contributed by atoms with E-state index >= 15 is 0 Å². The van der Waals surface area contributed by atoms with Gasteiger partial charge < -0.3 is 10.2 Å². The highest BCUT2D eigenvalue weighted by molar-refractivity contribution is 6.30. The molecule has 0 amide bonds. The van der Waals surface area contributed by atoms with Gasteiger partial charge in [-0.25, -0.2) is 0 Å². The molecule has 0 spiro atoms. The molecule has 0 aliphatic carbocycles. The molecule has 1 fully saturated rings. The van der Waals surface area contributed by atoms with Crippen molar-refractivity contribution in [1.82, 2.24) is 10.2 Å². The number of hydrogen-bond acceptors (Lipinski definition) is 2. The number of nitrogens with one attached hydrogen (secondary N) is 1. The van der Waals surface area contributed by atoms with Crippen LogP contribution < -0.4 is 5.32 Å². The average Bonchev–Trinajstić information content (AvgIpc) is 2.37. The highest BCUT2D eigenvalue weighted by Gasteiger charge is 2.32. The van der Waals surface area contributed by atoms with E-state index in [1.807, 2.05) is 12.1 Å². The number of aryl methyl sites for hydroxylation is 1. The maximum atomic E-state index is 6.03. The van der Waals surface area contributed by atoms with Crippen molar-refractivity contribution in [2.75, 3.05) is 27.2 Å². The van der Waals surface area contributed by atoms with Gasteiger partial charge in [0.25, 0.3) is 0 Å². The highest BCUT2D eigenvalue weighted by atomic mass is 35.5. The lowest BCUT2D eigenvalue weighted by Gasteiger charge is -2.41. The highest BCUT2D eigenvalue weighted by Crippen LogP contribution is 2.25. The Kier molecular flexibility index (Phi) is 4.66. The first kappa shape index (κ1) is 13.9. The van der Waals surface area contributed by atoms with Crippen LogP contribution in [-0.4, -0.2) is 37.6 Å². The van der Waals surface area contributed by atoms with Gasteiger partial charge in [-0.15, -0.1) is 0 Å². The number of likely N-dealkylation sites (tertiary alicyclic amines) is 1. The molecular weight excluding hydrogens is 244 g/mol. The van der Waals surface area contributed by atoms with Crippen LogP contribution >= 0.6 is 11.6 Å². The summed E-state index contributed by atoms with van der Waals surface area (Å²) >= 11 is 6.03. The van der Waals surface area contributed by atoms with Crippen molar-refractivity contribution in [1.29, 1.82) is 0 Å². The standard InChI is InChI=1S/C15H23ClN2/c1-17-15(8-4-10-18(2)12-15)9-7-13-5-3-6-14(16)11-13/h3,5-6,11,17H,4,7-10,12H2,1-2H3. The number of piperidine rings is 1. The molecule has 0 saturated carbocycles. The van der Waals surface area contributed by atoms with Gasteiger partial charge in [-0.05, 0) is 64.0 Å². The van der Waals surface area contributed by atoms with Gasteiger partial charge in [-0.1, -0.05) is 23.7 Å². The maximum Gasteiger partial charge on any atom is 0.0408 e. The van der Waals surface area contributed by atoms with Gasteiger partial charge in [0.1, 0.15) is 0 Å². The van der Waals surface area contributed by atoms with E-state index in [0.717, 1.165) is 18.0 Å². The summed E-state index contributed by atoms with van der Waals surface area (Å²) in [5.41, 5.74) is 1.61. The smallest absolute Gasteiger partial charge is 0.0408 e. The fourth-order valence-corrected chi connectivity index (χ4v) is 3.18. The van der Waals surface area contributed by atoms with Crippen LogP contribution in [0.2, 0.25) is 5.02 Å². The van der Waals surface area contributed by atoms with Crippen molar-refractivity contribution < 1.29 is 0 Å². The van der Waals surface area contributed by atoms with E-state index in [1.54, 1.807) is 0 Å². The summed E-state index contributed by atoms with van der Waals surface area (Å²) < 4.78 is 0. The fourth-order valence-electron chi connectivity index (χ4n) is 2.97. The largest absolute Gasteiger partial charge is 0.313 e. The summed E-state index contributed by atoms with van der Waals surface area (Å²) in [5, 5.41) is 4.40. The molecule has 0 radical (unpaired) electrons. The van der Waals surface area contributed by atoms with Gasteiger partial charge in [0, 0.05) is 17.1 Å². The van der Waals surface area contributed by atoms with Crippen LogP contribution in [0, 0.1) is 0 Å². The number of rotatable bonds is 4. The lowest BCUT2D eigenvalue weighted by Crippen LogP contribution is -2.55. The van der Waals surface area contributed by atoms with Crippen molar-refractivity contribution in [2.24, 2.45) is 0 Å². The Labute approximate surface area is 115 Å². The first-order valence-electron chi connectivity index (χ1n) is 6.75. The van der Waals surface area contributed by atoms with Crippen molar-refractivity contribution in [3.8, 4) is 0 Å². The molecule has 1 aromatic rings. The second-order valence-corrected chi connectivity index (χ2v) is 5.94. The lowest BCUT2D eigenvalue weighted by atomic mass is 9.84. The summed E-state index contributed by atoms with van der Waals surface area (Å²) in [6.07, 6.45) is 4.82. The Hall–Kier alpha value is -0.570. The number of benzene rings is 1. The quantitative estimate of drug-likeness (QED) is 0.902. The zero-order chi connectivity index (χ0) is 13.0. The number of nitrogens with zero attached hydrogens (tertiary/aromatic N) is 1. The molecule has 1 heterocycles. The Morgan fingerprint density at radius 1 is 1.44 bits per heavy atom. The monoisotopic (exact) mass is 266 g/mol. The molecular formula is C15H23ClN2. The van der Waals surface area contributed by atoms with E-state index in [9.17, 15) is 0 Å². The van der Waals surface area contributed by atoms with Crippen LogP contribution in [0.25, 0.3) is 0 Å².